The van der Waals surface area contributed by atoms with E-state index < -0.39 is 0 Å². The third kappa shape index (κ3) is 1.77. The Morgan fingerprint density at radius 1 is 1.11 bits per heavy atom. The van der Waals surface area contributed by atoms with Crippen molar-refractivity contribution in [2.24, 2.45) is 5.92 Å². The minimum Gasteiger partial charge on any atom is -0.493 e. The quantitative estimate of drug-likeness (QED) is 0.830. The molecular weight excluding hydrogens is 242 g/mol. The van der Waals surface area contributed by atoms with E-state index in [9.17, 15) is 0 Å². The molecule has 0 aromatic heterocycles. The van der Waals surface area contributed by atoms with Gasteiger partial charge in [0.25, 0.3) is 0 Å². The Balaban J connectivity index is 2.04. The van der Waals surface area contributed by atoms with Crippen LogP contribution in [0.5, 0.6) is 17.2 Å². The Morgan fingerprint density at radius 3 is 2.16 bits per heavy atom. The number of hydrogen-bond acceptors (Lipinski definition) is 4. The van der Waals surface area contributed by atoms with Crippen molar-refractivity contribution in [3.63, 3.8) is 0 Å². The SMILES string of the molecule is COc1cc(C23CC2CN(C)C3)cc(OC)c1OC. The van der Waals surface area contributed by atoms with Crippen LogP contribution in [0, 0.1) is 5.92 Å². The third-order valence-corrected chi connectivity index (χ3v) is 4.56. The molecule has 3 rings (SSSR count). The standard InChI is InChI=1S/C15H21NO3/c1-16-8-11-7-15(11,9-16)10-5-12(17-2)14(19-4)13(6-10)18-3/h5-6,11H,7-9H2,1-4H3. The smallest absolute Gasteiger partial charge is 0.203 e. The van der Waals surface area contributed by atoms with Gasteiger partial charge in [-0.25, -0.2) is 0 Å². The van der Waals surface area contributed by atoms with Crippen molar-refractivity contribution in [2.75, 3.05) is 41.5 Å². The summed E-state index contributed by atoms with van der Waals surface area (Å²) in [7, 11) is 7.17. The van der Waals surface area contributed by atoms with Gasteiger partial charge >= 0.3 is 0 Å². The van der Waals surface area contributed by atoms with Crippen LogP contribution < -0.4 is 14.2 Å². The molecule has 4 nitrogen and oxygen atoms in total. The van der Waals surface area contributed by atoms with E-state index in [4.69, 9.17) is 14.2 Å². The van der Waals surface area contributed by atoms with Crippen LogP contribution in [0.25, 0.3) is 0 Å². The molecule has 1 saturated carbocycles. The van der Waals surface area contributed by atoms with Gasteiger partial charge in [0, 0.05) is 18.5 Å². The van der Waals surface area contributed by atoms with Crippen LogP contribution in [0.3, 0.4) is 0 Å². The minimum atomic E-state index is 0.307. The molecule has 4 heteroatoms. The predicted octanol–water partition coefficient (Wildman–Crippen LogP) is 1.92. The first-order valence-corrected chi connectivity index (χ1v) is 6.63. The minimum absolute atomic E-state index is 0.307. The summed E-state index contributed by atoms with van der Waals surface area (Å²) in [6.45, 7) is 2.31. The summed E-state index contributed by atoms with van der Waals surface area (Å²) >= 11 is 0. The molecular formula is C15H21NO3. The van der Waals surface area contributed by atoms with Gasteiger partial charge in [0.1, 0.15) is 0 Å². The lowest BCUT2D eigenvalue weighted by molar-refractivity contribution is 0.322. The van der Waals surface area contributed by atoms with Gasteiger partial charge in [-0.15, -0.1) is 0 Å². The molecule has 2 atom stereocenters. The lowest BCUT2D eigenvalue weighted by Gasteiger charge is -2.20. The molecule has 2 fully saturated rings. The van der Waals surface area contributed by atoms with E-state index in [-0.39, 0.29) is 0 Å². The van der Waals surface area contributed by atoms with E-state index in [1.54, 1.807) is 21.3 Å². The lowest BCUT2D eigenvalue weighted by Crippen LogP contribution is -2.22. The number of likely N-dealkylation sites (N-methyl/N-ethyl adjacent to an activating group) is 1. The number of rotatable bonds is 4. The third-order valence-electron chi connectivity index (χ3n) is 4.56. The van der Waals surface area contributed by atoms with E-state index in [0.717, 1.165) is 24.0 Å². The summed E-state index contributed by atoms with van der Waals surface area (Å²) in [6, 6.07) is 4.22. The average molecular weight is 263 g/mol. The van der Waals surface area contributed by atoms with Gasteiger partial charge < -0.3 is 19.1 Å². The summed E-state index contributed by atoms with van der Waals surface area (Å²) in [6.07, 6.45) is 1.27. The van der Waals surface area contributed by atoms with Gasteiger partial charge in [-0.05, 0) is 37.1 Å². The zero-order valence-corrected chi connectivity index (χ0v) is 12.0. The van der Waals surface area contributed by atoms with Crippen molar-refractivity contribution in [2.45, 2.75) is 11.8 Å². The fraction of sp³-hybridized carbons (Fsp3) is 0.600. The molecule has 2 aliphatic rings. The molecule has 1 aliphatic heterocycles. The highest BCUT2D eigenvalue weighted by molar-refractivity contribution is 5.57. The van der Waals surface area contributed by atoms with Crippen LogP contribution in [0.15, 0.2) is 12.1 Å². The second kappa shape index (κ2) is 4.30. The summed E-state index contributed by atoms with van der Waals surface area (Å²) in [5, 5.41) is 0. The maximum atomic E-state index is 5.45. The molecule has 104 valence electrons. The molecule has 0 bridgehead atoms. The molecule has 0 radical (unpaired) electrons. The van der Waals surface area contributed by atoms with Gasteiger partial charge in [0.2, 0.25) is 5.75 Å². The van der Waals surface area contributed by atoms with Crippen molar-refractivity contribution in [3.8, 4) is 17.2 Å². The van der Waals surface area contributed by atoms with E-state index in [2.05, 4.69) is 24.1 Å². The fourth-order valence-corrected chi connectivity index (χ4v) is 3.55. The number of piperidine rings is 1. The maximum Gasteiger partial charge on any atom is 0.203 e. The van der Waals surface area contributed by atoms with Crippen LogP contribution >= 0.6 is 0 Å². The van der Waals surface area contributed by atoms with Crippen molar-refractivity contribution in [3.05, 3.63) is 17.7 Å². The number of benzene rings is 1. The Labute approximate surface area is 114 Å². The molecule has 1 aromatic carbocycles. The Hall–Kier alpha value is -1.42. The predicted molar refractivity (Wildman–Crippen MR) is 73.4 cm³/mol. The normalized spacial score (nSPS) is 28.9. The highest BCUT2D eigenvalue weighted by Crippen LogP contribution is 2.60. The number of fused-ring (bicyclic) bond motifs is 1. The molecule has 2 unspecified atom stereocenters. The van der Waals surface area contributed by atoms with Crippen LogP contribution in [0.2, 0.25) is 0 Å². The summed E-state index contributed by atoms with van der Waals surface area (Å²) in [5.74, 6) is 2.96. The molecule has 1 aromatic rings. The monoisotopic (exact) mass is 263 g/mol. The molecule has 19 heavy (non-hydrogen) atoms. The Bertz CT molecular complexity index is 477. The maximum absolute atomic E-state index is 5.45. The highest BCUT2D eigenvalue weighted by Gasteiger charge is 2.60. The van der Waals surface area contributed by atoms with E-state index in [0.29, 0.717) is 11.2 Å². The van der Waals surface area contributed by atoms with Crippen LogP contribution in [0.4, 0.5) is 0 Å². The second-order valence-electron chi connectivity index (χ2n) is 5.67. The van der Waals surface area contributed by atoms with Crippen LogP contribution in [0.1, 0.15) is 12.0 Å². The second-order valence-corrected chi connectivity index (χ2v) is 5.67. The van der Waals surface area contributed by atoms with Gasteiger partial charge in [0.15, 0.2) is 11.5 Å². The molecule has 0 spiro atoms. The van der Waals surface area contributed by atoms with Crippen molar-refractivity contribution < 1.29 is 14.2 Å². The molecule has 0 N–H and O–H groups in total. The van der Waals surface area contributed by atoms with Crippen LogP contribution in [-0.2, 0) is 5.41 Å². The van der Waals surface area contributed by atoms with Crippen molar-refractivity contribution >= 4 is 0 Å². The molecule has 1 saturated heterocycles. The average Bonchev–Trinajstić information content (AvgIpc) is 3.00. The summed E-state index contributed by atoms with van der Waals surface area (Å²) in [4.78, 5) is 2.40. The highest BCUT2D eigenvalue weighted by atomic mass is 16.5. The van der Waals surface area contributed by atoms with Crippen molar-refractivity contribution in [1.29, 1.82) is 0 Å². The number of methoxy groups -OCH3 is 3. The van der Waals surface area contributed by atoms with Gasteiger partial charge in [-0.1, -0.05) is 0 Å². The first-order valence-electron chi connectivity index (χ1n) is 6.63. The van der Waals surface area contributed by atoms with Crippen molar-refractivity contribution in [1.82, 2.24) is 4.90 Å². The van der Waals surface area contributed by atoms with Gasteiger partial charge in [0.05, 0.1) is 21.3 Å². The summed E-state index contributed by atoms with van der Waals surface area (Å²) < 4.78 is 16.3. The lowest BCUT2D eigenvalue weighted by atomic mass is 9.94. The Morgan fingerprint density at radius 2 is 1.74 bits per heavy atom. The number of hydrogen-bond donors (Lipinski definition) is 0. The largest absolute Gasteiger partial charge is 0.493 e. The fourth-order valence-electron chi connectivity index (χ4n) is 3.55. The van der Waals surface area contributed by atoms with E-state index in [1.807, 2.05) is 0 Å². The van der Waals surface area contributed by atoms with Gasteiger partial charge in [-0.3, -0.25) is 0 Å². The first-order chi connectivity index (χ1) is 9.14. The molecule has 1 heterocycles. The first kappa shape index (κ1) is 12.6. The zero-order valence-electron chi connectivity index (χ0n) is 12.0. The van der Waals surface area contributed by atoms with Gasteiger partial charge in [-0.2, -0.15) is 0 Å². The Kier molecular flexibility index (Phi) is 2.86. The van der Waals surface area contributed by atoms with E-state index >= 15 is 0 Å². The van der Waals surface area contributed by atoms with E-state index in [1.165, 1.54) is 18.5 Å². The number of nitrogens with zero attached hydrogens (tertiary/aromatic N) is 1. The number of ether oxygens (including phenoxy) is 3. The zero-order chi connectivity index (χ0) is 13.6. The topological polar surface area (TPSA) is 30.9 Å². The van der Waals surface area contributed by atoms with Crippen LogP contribution in [-0.4, -0.2) is 46.4 Å². The molecule has 0 amide bonds. The number of likely N-dealkylation sites (tertiary alicyclic amines) is 1. The molecule has 1 aliphatic carbocycles. The summed E-state index contributed by atoms with van der Waals surface area (Å²) in [5.41, 5.74) is 1.62.